The lowest BCUT2D eigenvalue weighted by Crippen LogP contribution is -2.45. The molecule has 2 aromatic rings. The van der Waals surface area contributed by atoms with Crippen LogP contribution < -0.4 is 0 Å². The molecular weight excluding hydrogens is 258 g/mol. The van der Waals surface area contributed by atoms with Gasteiger partial charge in [0.1, 0.15) is 0 Å². The number of pyridine rings is 1. The quantitative estimate of drug-likeness (QED) is 0.908. The summed E-state index contributed by atoms with van der Waals surface area (Å²) in [5, 5.41) is 12.5. The molecule has 2 atom stereocenters. The number of aliphatic hydroxyl groups is 1. The van der Waals surface area contributed by atoms with Crippen LogP contribution >= 0.6 is 0 Å². The largest absolute Gasteiger partial charge is 0.389 e. The monoisotopic (exact) mass is 283 g/mol. The second kappa shape index (κ2) is 5.76. The molecule has 3 rings (SSSR count). The first-order valence-corrected chi connectivity index (χ1v) is 8.15. The summed E-state index contributed by atoms with van der Waals surface area (Å²) in [5.41, 5.74) is 1.70. The van der Waals surface area contributed by atoms with Gasteiger partial charge in [-0.05, 0) is 42.4 Å². The molecule has 1 aromatic heterocycles. The Morgan fingerprint density at radius 3 is 2.86 bits per heavy atom. The van der Waals surface area contributed by atoms with E-state index in [2.05, 4.69) is 37.0 Å². The maximum absolute atomic E-state index is 11.3. The van der Waals surface area contributed by atoms with E-state index in [-0.39, 0.29) is 0 Å². The van der Waals surface area contributed by atoms with Crippen LogP contribution in [0.15, 0.2) is 36.5 Å². The van der Waals surface area contributed by atoms with E-state index in [4.69, 9.17) is 0 Å². The van der Waals surface area contributed by atoms with Crippen molar-refractivity contribution in [1.82, 2.24) is 4.98 Å². The highest BCUT2D eigenvalue weighted by molar-refractivity contribution is 5.81. The summed E-state index contributed by atoms with van der Waals surface area (Å²) in [6.45, 7) is 4.48. The standard InChI is InChI=1S/C19H25NO/c1-14(2)17-8-5-6-11-19(17,21)13-15-10-12-20-18-9-4-3-7-16(15)18/h3-4,7,9-10,12,14,17,21H,5-6,8,11,13H2,1-2H3. The summed E-state index contributed by atoms with van der Waals surface area (Å²) in [6.07, 6.45) is 7.09. The highest BCUT2D eigenvalue weighted by atomic mass is 16.3. The average Bonchev–Trinajstić information content (AvgIpc) is 2.47. The maximum atomic E-state index is 11.3. The van der Waals surface area contributed by atoms with Crippen molar-refractivity contribution >= 4 is 10.9 Å². The van der Waals surface area contributed by atoms with Crippen molar-refractivity contribution in [3.63, 3.8) is 0 Å². The molecule has 112 valence electrons. The number of hydrogen-bond donors (Lipinski definition) is 1. The highest BCUT2D eigenvalue weighted by Crippen LogP contribution is 2.41. The minimum Gasteiger partial charge on any atom is -0.389 e. The van der Waals surface area contributed by atoms with E-state index < -0.39 is 5.60 Å². The minimum absolute atomic E-state index is 0.401. The molecule has 1 aliphatic carbocycles. The number of hydrogen-bond acceptors (Lipinski definition) is 2. The highest BCUT2D eigenvalue weighted by Gasteiger charge is 2.40. The Bertz CT molecular complexity index is 616. The predicted octanol–water partition coefficient (Wildman–Crippen LogP) is 4.35. The number of fused-ring (bicyclic) bond motifs is 1. The lowest BCUT2D eigenvalue weighted by molar-refractivity contribution is -0.0650. The fourth-order valence-electron chi connectivity index (χ4n) is 4.06. The lowest BCUT2D eigenvalue weighted by atomic mass is 9.67. The molecule has 0 spiro atoms. The molecule has 21 heavy (non-hydrogen) atoms. The second-order valence-electron chi connectivity index (χ2n) is 6.86. The first-order valence-electron chi connectivity index (χ1n) is 8.15. The van der Waals surface area contributed by atoms with Crippen molar-refractivity contribution in [3.8, 4) is 0 Å². The summed E-state index contributed by atoms with van der Waals surface area (Å²) < 4.78 is 0. The molecule has 0 saturated heterocycles. The molecule has 0 amide bonds. The second-order valence-corrected chi connectivity index (χ2v) is 6.86. The molecule has 0 aliphatic heterocycles. The number of aromatic nitrogens is 1. The van der Waals surface area contributed by atoms with E-state index >= 15 is 0 Å². The third-order valence-electron chi connectivity index (χ3n) is 5.11. The normalized spacial score (nSPS) is 26.4. The van der Waals surface area contributed by atoms with Gasteiger partial charge in [-0.1, -0.05) is 44.9 Å². The zero-order valence-corrected chi connectivity index (χ0v) is 13.0. The Labute approximate surface area is 127 Å². The van der Waals surface area contributed by atoms with E-state index in [1.54, 1.807) is 0 Å². The van der Waals surface area contributed by atoms with E-state index in [0.29, 0.717) is 11.8 Å². The van der Waals surface area contributed by atoms with Crippen LogP contribution in [0.1, 0.15) is 45.1 Å². The van der Waals surface area contributed by atoms with Gasteiger partial charge >= 0.3 is 0 Å². The van der Waals surface area contributed by atoms with Crippen molar-refractivity contribution in [2.24, 2.45) is 11.8 Å². The molecule has 1 fully saturated rings. The Hall–Kier alpha value is -1.41. The molecule has 2 nitrogen and oxygen atoms in total. The van der Waals surface area contributed by atoms with Crippen LogP contribution in [0.5, 0.6) is 0 Å². The number of rotatable bonds is 3. The molecule has 2 unspecified atom stereocenters. The zero-order valence-electron chi connectivity index (χ0n) is 13.0. The zero-order chi connectivity index (χ0) is 14.9. The van der Waals surface area contributed by atoms with E-state index in [0.717, 1.165) is 31.2 Å². The SMILES string of the molecule is CC(C)C1CCCCC1(O)Cc1ccnc2ccccc12. The van der Waals surface area contributed by atoms with Crippen LogP contribution in [0, 0.1) is 11.8 Å². The fraction of sp³-hybridized carbons (Fsp3) is 0.526. The van der Waals surface area contributed by atoms with Crippen LogP contribution in [0.3, 0.4) is 0 Å². The average molecular weight is 283 g/mol. The summed E-state index contributed by atoms with van der Waals surface area (Å²) in [6, 6.07) is 10.3. The van der Waals surface area contributed by atoms with E-state index in [1.165, 1.54) is 17.4 Å². The summed E-state index contributed by atoms with van der Waals surface area (Å²) in [7, 11) is 0. The molecule has 0 radical (unpaired) electrons. The van der Waals surface area contributed by atoms with Gasteiger partial charge in [0, 0.05) is 18.0 Å². The summed E-state index contributed by atoms with van der Waals surface area (Å²) >= 11 is 0. The van der Waals surface area contributed by atoms with Gasteiger partial charge in [0.2, 0.25) is 0 Å². The minimum atomic E-state index is -0.559. The van der Waals surface area contributed by atoms with Crippen molar-refractivity contribution in [2.75, 3.05) is 0 Å². The summed E-state index contributed by atoms with van der Waals surface area (Å²) in [4.78, 5) is 4.43. The Morgan fingerprint density at radius 1 is 1.24 bits per heavy atom. The van der Waals surface area contributed by atoms with Crippen molar-refractivity contribution in [2.45, 2.75) is 51.6 Å². The Kier molecular flexibility index (Phi) is 3.99. The smallest absolute Gasteiger partial charge is 0.0718 e. The van der Waals surface area contributed by atoms with Gasteiger partial charge in [-0.15, -0.1) is 0 Å². The van der Waals surface area contributed by atoms with E-state index in [1.807, 2.05) is 18.3 Å². The van der Waals surface area contributed by atoms with Gasteiger partial charge in [0.25, 0.3) is 0 Å². The van der Waals surface area contributed by atoms with Gasteiger partial charge < -0.3 is 5.11 Å². The Balaban J connectivity index is 1.96. The first-order chi connectivity index (χ1) is 10.1. The summed E-state index contributed by atoms with van der Waals surface area (Å²) in [5.74, 6) is 0.932. The fourth-order valence-corrected chi connectivity index (χ4v) is 4.06. The maximum Gasteiger partial charge on any atom is 0.0718 e. The van der Waals surface area contributed by atoms with Gasteiger partial charge in [-0.3, -0.25) is 4.98 Å². The van der Waals surface area contributed by atoms with Crippen LogP contribution in [0.25, 0.3) is 10.9 Å². The van der Waals surface area contributed by atoms with Crippen molar-refractivity contribution < 1.29 is 5.11 Å². The van der Waals surface area contributed by atoms with Gasteiger partial charge in [0.15, 0.2) is 0 Å². The number of nitrogens with zero attached hydrogens (tertiary/aromatic N) is 1. The van der Waals surface area contributed by atoms with E-state index in [9.17, 15) is 5.11 Å². The number of benzene rings is 1. The first kappa shape index (κ1) is 14.5. The molecule has 0 bridgehead atoms. The van der Waals surface area contributed by atoms with Gasteiger partial charge in [-0.25, -0.2) is 0 Å². The molecule has 1 N–H and O–H groups in total. The molecule has 1 aromatic carbocycles. The molecular formula is C19H25NO. The predicted molar refractivity (Wildman–Crippen MR) is 87.2 cm³/mol. The van der Waals surface area contributed by atoms with Crippen LogP contribution in [0.2, 0.25) is 0 Å². The van der Waals surface area contributed by atoms with Crippen molar-refractivity contribution in [3.05, 3.63) is 42.1 Å². The third-order valence-corrected chi connectivity index (χ3v) is 5.11. The lowest BCUT2D eigenvalue weighted by Gasteiger charge is -2.42. The van der Waals surface area contributed by atoms with Gasteiger partial charge in [0.05, 0.1) is 11.1 Å². The topological polar surface area (TPSA) is 33.1 Å². The van der Waals surface area contributed by atoms with Crippen LogP contribution in [-0.4, -0.2) is 15.7 Å². The van der Waals surface area contributed by atoms with Crippen LogP contribution in [0.4, 0.5) is 0 Å². The van der Waals surface area contributed by atoms with Crippen LogP contribution in [-0.2, 0) is 6.42 Å². The van der Waals surface area contributed by atoms with Crippen molar-refractivity contribution in [1.29, 1.82) is 0 Å². The molecule has 1 heterocycles. The molecule has 2 heteroatoms. The Morgan fingerprint density at radius 2 is 2.05 bits per heavy atom. The molecule has 1 saturated carbocycles. The third kappa shape index (κ3) is 2.82. The van der Waals surface area contributed by atoms with Gasteiger partial charge in [-0.2, -0.15) is 0 Å². The number of para-hydroxylation sites is 1. The molecule has 1 aliphatic rings.